The van der Waals surface area contributed by atoms with Gasteiger partial charge < -0.3 is 0 Å². The fourth-order valence-electron chi connectivity index (χ4n) is 4.27. The lowest BCUT2D eigenvalue weighted by atomic mass is 9.91. The third kappa shape index (κ3) is 5.89. The number of rotatable bonds is 8. The third-order valence-electron chi connectivity index (χ3n) is 5.81. The summed E-state index contributed by atoms with van der Waals surface area (Å²) in [6, 6.07) is 18.9. The van der Waals surface area contributed by atoms with Crippen molar-refractivity contribution in [3.8, 4) is 5.69 Å². The maximum atomic E-state index is 12.5. The number of carbonyl (C=O) groups is 1. The fraction of sp³-hybridized carbons (Fsp3) is 0.360. The van der Waals surface area contributed by atoms with Gasteiger partial charge in [0, 0.05) is 32.1 Å². The molecule has 1 saturated heterocycles. The molecule has 1 aliphatic rings. The molecule has 1 atom stereocenters. The first-order valence-corrected chi connectivity index (χ1v) is 11.5. The van der Waals surface area contributed by atoms with E-state index in [0.717, 1.165) is 42.6 Å². The maximum absolute atomic E-state index is 12.5. The second-order valence-corrected chi connectivity index (χ2v) is 9.16. The van der Waals surface area contributed by atoms with Gasteiger partial charge in [-0.25, -0.2) is 4.68 Å². The minimum Gasteiger partial charge on any atom is -0.300 e. The highest BCUT2D eigenvalue weighted by atomic mass is 79.9. The average Bonchev–Trinajstić information content (AvgIpc) is 3.20. The summed E-state index contributed by atoms with van der Waals surface area (Å²) in [4.78, 5) is 15.0. The molecule has 1 aliphatic heterocycles. The number of likely N-dealkylation sites (tertiary alicyclic amines) is 1. The summed E-state index contributed by atoms with van der Waals surface area (Å²) in [5.74, 6) is 0.892. The third-order valence-corrected chi connectivity index (χ3v) is 6.22. The van der Waals surface area contributed by atoms with Gasteiger partial charge in [-0.05, 0) is 70.9 Å². The lowest BCUT2D eigenvalue weighted by Gasteiger charge is -2.32. The first-order valence-electron chi connectivity index (χ1n) is 10.7. The number of ketones is 1. The largest absolute Gasteiger partial charge is 0.300 e. The van der Waals surface area contributed by atoms with Crippen molar-refractivity contribution in [3.05, 3.63) is 82.6 Å². The van der Waals surface area contributed by atoms with Crippen molar-refractivity contribution >= 4 is 21.7 Å². The normalized spacial score (nSPS) is 17.2. The smallest absolute Gasteiger partial charge is 0.133 e. The second kappa shape index (κ2) is 10.2. The predicted octanol–water partition coefficient (Wildman–Crippen LogP) is 5.44. The number of hydrogen-bond acceptors (Lipinski definition) is 3. The van der Waals surface area contributed by atoms with Gasteiger partial charge in [0.1, 0.15) is 5.78 Å². The van der Waals surface area contributed by atoms with E-state index in [2.05, 4.69) is 62.3 Å². The fourth-order valence-corrected chi connectivity index (χ4v) is 4.55. The molecule has 2 heterocycles. The number of piperidine rings is 1. The molecule has 3 aromatic rings. The monoisotopic (exact) mass is 465 g/mol. The van der Waals surface area contributed by atoms with Crippen molar-refractivity contribution in [1.29, 1.82) is 0 Å². The molecule has 0 N–H and O–H groups in total. The van der Waals surface area contributed by atoms with Crippen LogP contribution in [0.25, 0.3) is 5.69 Å². The Morgan fingerprint density at radius 3 is 2.60 bits per heavy atom. The molecule has 0 spiro atoms. The summed E-state index contributed by atoms with van der Waals surface area (Å²) < 4.78 is 2.84. The standard InChI is InChI=1S/C25H28BrN3O/c26-23-16-27-29(19-23)24-11-8-21(9-12-24)17-28-14-4-7-22(18-28)15-25(30)13-10-20-5-2-1-3-6-20/h1-3,5-6,8-9,11-12,16,19,22H,4,7,10,13-15,17-18H2. The number of aryl methyl sites for hydroxylation is 1. The van der Waals surface area contributed by atoms with Crippen molar-refractivity contribution in [2.45, 2.75) is 38.6 Å². The van der Waals surface area contributed by atoms with E-state index in [9.17, 15) is 4.79 Å². The highest BCUT2D eigenvalue weighted by Gasteiger charge is 2.22. The number of hydrogen-bond donors (Lipinski definition) is 0. The van der Waals surface area contributed by atoms with Crippen molar-refractivity contribution in [3.63, 3.8) is 0 Å². The van der Waals surface area contributed by atoms with Crippen molar-refractivity contribution in [2.24, 2.45) is 5.92 Å². The van der Waals surface area contributed by atoms with Gasteiger partial charge in [-0.3, -0.25) is 9.69 Å². The van der Waals surface area contributed by atoms with Crippen LogP contribution in [0.4, 0.5) is 0 Å². The maximum Gasteiger partial charge on any atom is 0.133 e. The van der Waals surface area contributed by atoms with Crippen LogP contribution in [0.1, 0.15) is 36.8 Å². The number of Topliss-reactive ketones (excluding diaryl/α,β-unsaturated/α-hetero) is 1. The summed E-state index contributed by atoms with van der Waals surface area (Å²) >= 11 is 3.44. The Morgan fingerprint density at radius 2 is 1.87 bits per heavy atom. The average molecular weight is 466 g/mol. The summed E-state index contributed by atoms with van der Waals surface area (Å²) in [5.41, 5.74) is 3.62. The molecule has 4 rings (SSSR count). The Morgan fingerprint density at radius 1 is 1.07 bits per heavy atom. The van der Waals surface area contributed by atoms with Crippen LogP contribution in [0.5, 0.6) is 0 Å². The minimum absolute atomic E-state index is 0.403. The highest BCUT2D eigenvalue weighted by Crippen LogP contribution is 2.23. The molecule has 0 amide bonds. The quantitative estimate of drug-likeness (QED) is 0.444. The second-order valence-electron chi connectivity index (χ2n) is 8.24. The molecular formula is C25H28BrN3O. The van der Waals surface area contributed by atoms with Crippen LogP contribution in [0, 0.1) is 5.92 Å². The van der Waals surface area contributed by atoms with Gasteiger partial charge in [0.25, 0.3) is 0 Å². The number of benzene rings is 2. The van der Waals surface area contributed by atoms with Crippen molar-refractivity contribution in [1.82, 2.24) is 14.7 Å². The number of aromatic nitrogens is 2. The Labute approximate surface area is 187 Å². The van der Waals surface area contributed by atoms with Crippen LogP contribution < -0.4 is 0 Å². The van der Waals surface area contributed by atoms with Crippen molar-refractivity contribution in [2.75, 3.05) is 13.1 Å². The van der Waals surface area contributed by atoms with Gasteiger partial charge in [-0.1, -0.05) is 42.5 Å². The lowest BCUT2D eigenvalue weighted by molar-refractivity contribution is -0.120. The van der Waals surface area contributed by atoms with E-state index in [0.29, 0.717) is 18.1 Å². The van der Waals surface area contributed by atoms with Gasteiger partial charge in [-0.2, -0.15) is 5.10 Å². The summed E-state index contributed by atoms with van der Waals surface area (Å²) in [7, 11) is 0. The van der Waals surface area contributed by atoms with Crippen LogP contribution >= 0.6 is 15.9 Å². The number of carbonyl (C=O) groups excluding carboxylic acids is 1. The molecule has 1 aromatic heterocycles. The first kappa shape index (κ1) is 21.0. The molecular weight excluding hydrogens is 438 g/mol. The molecule has 0 radical (unpaired) electrons. The summed E-state index contributed by atoms with van der Waals surface area (Å²) in [6.07, 6.45) is 8.33. The minimum atomic E-state index is 0.403. The molecule has 5 heteroatoms. The molecule has 30 heavy (non-hydrogen) atoms. The molecule has 1 fully saturated rings. The molecule has 0 aliphatic carbocycles. The van der Waals surface area contributed by atoms with E-state index in [4.69, 9.17) is 0 Å². The summed E-state index contributed by atoms with van der Waals surface area (Å²) in [6.45, 7) is 3.07. The Kier molecular flexibility index (Phi) is 7.13. The van der Waals surface area contributed by atoms with E-state index in [1.165, 1.54) is 24.0 Å². The van der Waals surface area contributed by atoms with Gasteiger partial charge in [0.15, 0.2) is 0 Å². The van der Waals surface area contributed by atoms with Crippen LogP contribution in [-0.4, -0.2) is 33.6 Å². The van der Waals surface area contributed by atoms with Gasteiger partial charge in [0.2, 0.25) is 0 Å². The number of halogens is 1. The SMILES string of the molecule is O=C(CCc1ccccc1)CC1CCCN(Cc2ccc(-n3cc(Br)cn3)cc2)C1. The van der Waals surface area contributed by atoms with Crippen LogP contribution in [0.15, 0.2) is 71.5 Å². The molecule has 156 valence electrons. The lowest BCUT2D eigenvalue weighted by Crippen LogP contribution is -2.35. The predicted molar refractivity (Wildman–Crippen MR) is 124 cm³/mol. The Bertz CT molecular complexity index is 952. The first-order chi connectivity index (χ1) is 14.7. The topological polar surface area (TPSA) is 38.1 Å². The molecule has 0 bridgehead atoms. The zero-order chi connectivity index (χ0) is 20.8. The van der Waals surface area contributed by atoms with E-state index < -0.39 is 0 Å². The van der Waals surface area contributed by atoms with Crippen LogP contribution in [0.2, 0.25) is 0 Å². The zero-order valence-electron chi connectivity index (χ0n) is 17.2. The van der Waals surface area contributed by atoms with E-state index >= 15 is 0 Å². The highest BCUT2D eigenvalue weighted by molar-refractivity contribution is 9.10. The van der Waals surface area contributed by atoms with E-state index in [-0.39, 0.29) is 0 Å². The Hall–Kier alpha value is -2.24. The van der Waals surface area contributed by atoms with E-state index in [1.807, 2.05) is 29.1 Å². The van der Waals surface area contributed by atoms with Crippen LogP contribution in [-0.2, 0) is 17.8 Å². The van der Waals surface area contributed by atoms with Crippen LogP contribution in [0.3, 0.4) is 0 Å². The molecule has 4 nitrogen and oxygen atoms in total. The van der Waals surface area contributed by atoms with Crippen molar-refractivity contribution < 1.29 is 4.79 Å². The molecule has 0 saturated carbocycles. The van der Waals surface area contributed by atoms with Gasteiger partial charge >= 0.3 is 0 Å². The summed E-state index contributed by atoms with van der Waals surface area (Å²) in [5, 5.41) is 4.33. The van der Waals surface area contributed by atoms with E-state index in [1.54, 1.807) is 6.20 Å². The molecule has 1 unspecified atom stereocenters. The van der Waals surface area contributed by atoms with Gasteiger partial charge in [0.05, 0.1) is 16.4 Å². The number of nitrogens with zero attached hydrogens (tertiary/aromatic N) is 3. The molecule has 2 aromatic carbocycles. The Balaban J connectivity index is 1.26. The zero-order valence-corrected chi connectivity index (χ0v) is 18.8. The van der Waals surface area contributed by atoms with Gasteiger partial charge in [-0.15, -0.1) is 0 Å².